The predicted octanol–water partition coefficient (Wildman–Crippen LogP) is 6.62. The Balaban J connectivity index is 1.41. The Labute approximate surface area is 190 Å². The van der Waals surface area contributed by atoms with Gasteiger partial charge in [0.05, 0.1) is 12.0 Å². The molecule has 4 nitrogen and oxygen atoms in total. The van der Waals surface area contributed by atoms with Crippen LogP contribution in [-0.4, -0.2) is 19.5 Å². The average molecular weight is 451 g/mol. The lowest BCUT2D eigenvalue weighted by molar-refractivity contribution is -0.144. The third-order valence-electron chi connectivity index (χ3n) is 5.52. The number of alkyl halides is 3. The van der Waals surface area contributed by atoms with E-state index in [0.717, 1.165) is 25.7 Å². The lowest BCUT2D eigenvalue weighted by atomic mass is 9.96. The molecule has 0 amide bonds. The zero-order valence-corrected chi connectivity index (χ0v) is 18.4. The van der Waals surface area contributed by atoms with Crippen molar-refractivity contribution in [3.8, 4) is 0 Å². The van der Waals surface area contributed by atoms with E-state index in [1.165, 1.54) is 27.6 Å². The number of unbranched alkanes of at least 4 members (excludes halogenated alkanes) is 3. The Morgan fingerprint density at radius 2 is 1.52 bits per heavy atom. The van der Waals surface area contributed by atoms with E-state index in [-0.39, 0.29) is 5.65 Å². The number of nitrogens with zero attached hydrogens (tertiary/aromatic N) is 4. The molecule has 0 aliphatic rings. The SMILES string of the molecule is Cn1cnc2c(CCCCCC=C(c3ccccc3)c3ccccc3)nc(C(F)(F)F)nc21. The largest absolute Gasteiger partial charge is 0.451 e. The van der Waals surface area contributed by atoms with E-state index >= 15 is 0 Å². The second-order valence-electron chi connectivity index (χ2n) is 7.97. The summed E-state index contributed by atoms with van der Waals surface area (Å²) in [4.78, 5) is 11.7. The molecule has 2 heterocycles. The molecule has 0 bridgehead atoms. The summed E-state index contributed by atoms with van der Waals surface area (Å²) < 4.78 is 41.1. The van der Waals surface area contributed by atoms with Crippen molar-refractivity contribution in [3.63, 3.8) is 0 Å². The third kappa shape index (κ3) is 5.48. The molecular weight excluding hydrogens is 425 g/mol. The van der Waals surface area contributed by atoms with Crippen molar-refractivity contribution in [2.75, 3.05) is 0 Å². The van der Waals surface area contributed by atoms with Gasteiger partial charge in [-0.25, -0.2) is 15.0 Å². The van der Waals surface area contributed by atoms with Crippen molar-refractivity contribution in [3.05, 3.63) is 95.7 Å². The number of fused-ring (bicyclic) bond motifs is 1. The van der Waals surface area contributed by atoms with Crippen LogP contribution in [-0.2, 0) is 19.6 Å². The Hall–Kier alpha value is -3.48. The molecular formula is C26H25F3N4. The number of hydrogen-bond acceptors (Lipinski definition) is 3. The maximum absolute atomic E-state index is 13.2. The average Bonchev–Trinajstić information content (AvgIpc) is 3.20. The first kappa shape index (κ1) is 22.7. The van der Waals surface area contributed by atoms with Crippen LogP contribution >= 0.6 is 0 Å². The number of hydrogen-bond donors (Lipinski definition) is 0. The van der Waals surface area contributed by atoms with E-state index in [9.17, 15) is 13.2 Å². The van der Waals surface area contributed by atoms with Gasteiger partial charge in [0.15, 0.2) is 5.65 Å². The summed E-state index contributed by atoms with van der Waals surface area (Å²) in [5.41, 5.74) is 4.55. The Morgan fingerprint density at radius 3 is 2.12 bits per heavy atom. The van der Waals surface area contributed by atoms with Crippen molar-refractivity contribution in [2.24, 2.45) is 7.05 Å². The maximum atomic E-state index is 13.2. The van der Waals surface area contributed by atoms with Crippen molar-refractivity contribution in [1.29, 1.82) is 0 Å². The first-order valence-electron chi connectivity index (χ1n) is 11.0. The van der Waals surface area contributed by atoms with Crippen LogP contribution in [0.25, 0.3) is 16.7 Å². The van der Waals surface area contributed by atoms with Crippen LogP contribution in [0.3, 0.4) is 0 Å². The fraction of sp³-hybridized carbons (Fsp3) is 0.269. The molecule has 2 aromatic carbocycles. The molecule has 0 aliphatic heterocycles. The molecule has 4 rings (SSSR count). The maximum Gasteiger partial charge on any atom is 0.451 e. The molecule has 0 N–H and O–H groups in total. The molecule has 2 aromatic heterocycles. The van der Waals surface area contributed by atoms with E-state index in [1.54, 1.807) is 7.05 Å². The van der Waals surface area contributed by atoms with Crippen LogP contribution in [0.2, 0.25) is 0 Å². The van der Waals surface area contributed by atoms with Crippen LogP contribution in [0.15, 0.2) is 73.1 Å². The molecule has 0 unspecified atom stereocenters. The minimum atomic E-state index is -4.58. The van der Waals surface area contributed by atoms with Crippen LogP contribution in [0.5, 0.6) is 0 Å². The number of halogens is 3. The second-order valence-corrected chi connectivity index (χ2v) is 7.97. The van der Waals surface area contributed by atoms with Gasteiger partial charge in [0, 0.05) is 7.05 Å². The van der Waals surface area contributed by atoms with Crippen molar-refractivity contribution >= 4 is 16.7 Å². The first-order chi connectivity index (χ1) is 15.9. The van der Waals surface area contributed by atoms with Gasteiger partial charge in [-0.3, -0.25) is 0 Å². The van der Waals surface area contributed by atoms with E-state index < -0.39 is 12.0 Å². The van der Waals surface area contributed by atoms with Gasteiger partial charge in [0.25, 0.3) is 0 Å². The number of imidazole rings is 1. The van der Waals surface area contributed by atoms with E-state index in [0.29, 0.717) is 17.6 Å². The molecule has 0 aliphatic carbocycles. The number of benzene rings is 2. The zero-order valence-electron chi connectivity index (χ0n) is 18.4. The Bertz CT molecular complexity index is 1190. The molecule has 7 heteroatoms. The molecule has 33 heavy (non-hydrogen) atoms. The quantitative estimate of drug-likeness (QED) is 0.284. The summed E-state index contributed by atoms with van der Waals surface area (Å²) >= 11 is 0. The van der Waals surface area contributed by atoms with Crippen molar-refractivity contribution < 1.29 is 13.2 Å². The lowest BCUT2D eigenvalue weighted by Crippen LogP contribution is -2.13. The minimum absolute atomic E-state index is 0.214. The van der Waals surface area contributed by atoms with Gasteiger partial charge in [0.2, 0.25) is 5.82 Å². The fourth-order valence-corrected chi connectivity index (χ4v) is 3.86. The topological polar surface area (TPSA) is 43.6 Å². The number of aryl methyl sites for hydroxylation is 2. The molecule has 0 radical (unpaired) electrons. The highest BCUT2D eigenvalue weighted by Gasteiger charge is 2.36. The standard InChI is InChI=1S/C26H25F3N4/c1-33-18-30-23-22(31-25(26(27,28)29)32-24(23)33)17-11-3-2-10-16-21(19-12-6-4-7-13-19)20-14-8-5-9-15-20/h4-9,12-16,18H,2-3,10-11,17H2,1H3. The van der Waals surface area contributed by atoms with Crippen LogP contribution in [0.1, 0.15) is 48.3 Å². The molecule has 0 saturated carbocycles. The highest BCUT2D eigenvalue weighted by atomic mass is 19.4. The molecule has 0 fully saturated rings. The fourth-order valence-electron chi connectivity index (χ4n) is 3.86. The summed E-state index contributed by atoms with van der Waals surface area (Å²) in [5, 5.41) is 0. The summed E-state index contributed by atoms with van der Waals surface area (Å²) in [6, 6.07) is 20.5. The van der Waals surface area contributed by atoms with Gasteiger partial charge in [-0.05, 0) is 42.4 Å². The van der Waals surface area contributed by atoms with Crippen molar-refractivity contribution in [1.82, 2.24) is 19.5 Å². The minimum Gasteiger partial charge on any atom is -0.318 e. The summed E-state index contributed by atoms with van der Waals surface area (Å²) in [6.07, 6.45) is 3.02. The molecule has 0 saturated heterocycles. The van der Waals surface area contributed by atoms with Gasteiger partial charge in [-0.15, -0.1) is 0 Å². The van der Waals surface area contributed by atoms with E-state index in [4.69, 9.17) is 0 Å². The smallest absolute Gasteiger partial charge is 0.318 e. The van der Waals surface area contributed by atoms with Gasteiger partial charge < -0.3 is 4.57 Å². The number of allylic oxidation sites excluding steroid dienone is 1. The predicted molar refractivity (Wildman–Crippen MR) is 123 cm³/mol. The Kier molecular flexibility index (Phi) is 6.87. The zero-order chi connectivity index (χ0) is 23.3. The van der Waals surface area contributed by atoms with Crippen LogP contribution < -0.4 is 0 Å². The third-order valence-corrected chi connectivity index (χ3v) is 5.52. The van der Waals surface area contributed by atoms with Gasteiger partial charge in [-0.2, -0.15) is 13.2 Å². The van der Waals surface area contributed by atoms with E-state index in [2.05, 4.69) is 45.3 Å². The second kappa shape index (κ2) is 9.98. The molecule has 170 valence electrons. The van der Waals surface area contributed by atoms with Crippen LogP contribution in [0, 0.1) is 0 Å². The van der Waals surface area contributed by atoms with E-state index in [1.807, 2.05) is 36.4 Å². The van der Waals surface area contributed by atoms with Gasteiger partial charge in [0.1, 0.15) is 5.52 Å². The summed E-state index contributed by atoms with van der Waals surface area (Å²) in [6.45, 7) is 0. The molecule has 0 atom stereocenters. The number of aromatic nitrogens is 4. The normalized spacial score (nSPS) is 11.6. The Morgan fingerprint density at radius 1 is 0.879 bits per heavy atom. The van der Waals surface area contributed by atoms with Crippen LogP contribution in [0.4, 0.5) is 13.2 Å². The highest BCUT2D eigenvalue weighted by molar-refractivity contribution is 5.79. The van der Waals surface area contributed by atoms with Crippen molar-refractivity contribution in [2.45, 2.75) is 38.3 Å². The molecule has 4 aromatic rings. The van der Waals surface area contributed by atoms with Gasteiger partial charge in [-0.1, -0.05) is 73.2 Å². The van der Waals surface area contributed by atoms with Gasteiger partial charge >= 0.3 is 6.18 Å². The summed E-state index contributed by atoms with van der Waals surface area (Å²) in [5.74, 6) is -1.10. The lowest BCUT2D eigenvalue weighted by Gasteiger charge is -2.09. The number of rotatable bonds is 8. The highest BCUT2D eigenvalue weighted by Crippen LogP contribution is 2.29. The molecule has 0 spiro atoms. The monoisotopic (exact) mass is 450 g/mol. The summed E-state index contributed by atoms with van der Waals surface area (Å²) in [7, 11) is 1.63. The first-order valence-corrected chi connectivity index (χ1v) is 11.0.